The van der Waals surface area contributed by atoms with Gasteiger partial charge in [-0.05, 0) is 44.1 Å². The molecule has 1 N–H and O–H groups in total. The first-order chi connectivity index (χ1) is 12.7. The SMILES string of the molecule is O=C(NCCC1CCCO1)C1CCN(C(=O)CCc2ccccc2)CC1. The van der Waals surface area contributed by atoms with E-state index in [9.17, 15) is 9.59 Å². The van der Waals surface area contributed by atoms with E-state index in [-0.39, 0.29) is 17.7 Å². The van der Waals surface area contributed by atoms with Crippen LogP contribution in [0.25, 0.3) is 0 Å². The maximum absolute atomic E-state index is 12.4. The number of benzene rings is 1. The number of hydrogen-bond donors (Lipinski definition) is 1. The molecule has 1 unspecified atom stereocenters. The number of aryl methyl sites for hydroxylation is 1. The molecular formula is C21H30N2O3. The van der Waals surface area contributed by atoms with E-state index in [1.54, 1.807) is 0 Å². The van der Waals surface area contributed by atoms with Crippen molar-refractivity contribution >= 4 is 11.8 Å². The van der Waals surface area contributed by atoms with E-state index in [1.165, 1.54) is 5.56 Å². The zero-order chi connectivity index (χ0) is 18.2. The molecule has 2 aliphatic rings. The lowest BCUT2D eigenvalue weighted by Crippen LogP contribution is -2.43. The number of ether oxygens (including phenoxy) is 1. The second-order valence-corrected chi connectivity index (χ2v) is 7.36. The van der Waals surface area contributed by atoms with Crippen LogP contribution in [0.4, 0.5) is 0 Å². The van der Waals surface area contributed by atoms with Crippen molar-refractivity contribution in [3.63, 3.8) is 0 Å². The largest absolute Gasteiger partial charge is 0.378 e. The number of nitrogens with one attached hydrogen (secondary N) is 1. The van der Waals surface area contributed by atoms with Crippen LogP contribution < -0.4 is 5.32 Å². The summed E-state index contributed by atoms with van der Waals surface area (Å²) in [5, 5.41) is 3.05. The van der Waals surface area contributed by atoms with Gasteiger partial charge in [-0.1, -0.05) is 30.3 Å². The lowest BCUT2D eigenvalue weighted by Gasteiger charge is -2.31. The Morgan fingerprint density at radius 2 is 1.88 bits per heavy atom. The average Bonchev–Trinajstić information content (AvgIpc) is 3.20. The molecule has 0 spiro atoms. The molecule has 2 aliphatic heterocycles. The molecule has 2 amide bonds. The first kappa shape index (κ1) is 18.9. The lowest BCUT2D eigenvalue weighted by atomic mass is 9.95. The molecule has 1 aromatic rings. The monoisotopic (exact) mass is 358 g/mol. The predicted octanol–water partition coefficient (Wildman–Crippen LogP) is 2.54. The molecule has 0 aromatic heterocycles. The number of amides is 2. The quantitative estimate of drug-likeness (QED) is 0.815. The van der Waals surface area contributed by atoms with Crippen molar-refractivity contribution in [2.75, 3.05) is 26.2 Å². The van der Waals surface area contributed by atoms with Crippen LogP contribution in [0.15, 0.2) is 30.3 Å². The highest BCUT2D eigenvalue weighted by atomic mass is 16.5. The Hall–Kier alpha value is -1.88. The van der Waals surface area contributed by atoms with Gasteiger partial charge in [0.25, 0.3) is 0 Å². The Kier molecular flexibility index (Phi) is 7.06. The van der Waals surface area contributed by atoms with E-state index in [2.05, 4.69) is 17.4 Å². The standard InChI is InChI=1S/C21H30N2O3/c24-20(9-8-17-5-2-1-3-6-17)23-14-11-18(12-15-23)21(25)22-13-10-19-7-4-16-26-19/h1-3,5-6,18-19H,4,7-16H2,(H,22,25). The third kappa shape index (κ3) is 5.56. The molecule has 2 fully saturated rings. The summed E-state index contributed by atoms with van der Waals surface area (Å²) >= 11 is 0. The lowest BCUT2D eigenvalue weighted by molar-refractivity contribution is -0.135. The molecule has 26 heavy (non-hydrogen) atoms. The predicted molar refractivity (Wildman–Crippen MR) is 101 cm³/mol. The number of nitrogens with zero attached hydrogens (tertiary/aromatic N) is 1. The summed E-state index contributed by atoms with van der Waals surface area (Å²) in [5.41, 5.74) is 1.20. The number of hydrogen-bond acceptors (Lipinski definition) is 3. The topological polar surface area (TPSA) is 58.6 Å². The zero-order valence-corrected chi connectivity index (χ0v) is 15.5. The molecule has 0 bridgehead atoms. The molecule has 0 aliphatic carbocycles. The zero-order valence-electron chi connectivity index (χ0n) is 15.5. The third-order valence-electron chi connectivity index (χ3n) is 5.48. The maximum Gasteiger partial charge on any atom is 0.223 e. The van der Waals surface area contributed by atoms with Gasteiger partial charge >= 0.3 is 0 Å². The minimum absolute atomic E-state index is 0.0395. The van der Waals surface area contributed by atoms with Crippen LogP contribution in [-0.4, -0.2) is 49.1 Å². The first-order valence-electron chi connectivity index (χ1n) is 9.93. The van der Waals surface area contributed by atoms with Gasteiger partial charge in [-0.25, -0.2) is 0 Å². The van der Waals surface area contributed by atoms with E-state index in [0.29, 0.717) is 32.2 Å². The normalized spacial score (nSPS) is 20.9. The Morgan fingerprint density at radius 3 is 2.58 bits per heavy atom. The van der Waals surface area contributed by atoms with Crippen LogP contribution in [0.1, 0.15) is 44.1 Å². The van der Waals surface area contributed by atoms with E-state index in [4.69, 9.17) is 4.74 Å². The minimum Gasteiger partial charge on any atom is -0.378 e. The van der Waals surface area contributed by atoms with Gasteiger partial charge in [0.2, 0.25) is 11.8 Å². The molecule has 0 saturated carbocycles. The van der Waals surface area contributed by atoms with Crippen LogP contribution in [-0.2, 0) is 20.7 Å². The molecule has 1 aromatic carbocycles. The van der Waals surface area contributed by atoms with Gasteiger partial charge in [-0.3, -0.25) is 9.59 Å². The van der Waals surface area contributed by atoms with Crippen molar-refractivity contribution < 1.29 is 14.3 Å². The number of likely N-dealkylation sites (tertiary alicyclic amines) is 1. The fourth-order valence-electron chi connectivity index (χ4n) is 3.82. The summed E-state index contributed by atoms with van der Waals surface area (Å²) in [6.07, 6.45) is 6.33. The van der Waals surface area contributed by atoms with Crippen molar-refractivity contribution in [3.8, 4) is 0 Å². The number of piperidine rings is 1. The van der Waals surface area contributed by atoms with Gasteiger partial charge in [0, 0.05) is 38.6 Å². The highest BCUT2D eigenvalue weighted by Gasteiger charge is 2.27. The summed E-state index contributed by atoms with van der Waals surface area (Å²) in [5.74, 6) is 0.378. The number of carbonyl (C=O) groups excluding carboxylic acids is 2. The van der Waals surface area contributed by atoms with Gasteiger partial charge in [0.15, 0.2) is 0 Å². The van der Waals surface area contributed by atoms with Gasteiger partial charge in [0.05, 0.1) is 6.10 Å². The second-order valence-electron chi connectivity index (χ2n) is 7.36. The summed E-state index contributed by atoms with van der Waals surface area (Å²) in [7, 11) is 0. The van der Waals surface area contributed by atoms with Crippen LogP contribution in [0.2, 0.25) is 0 Å². The van der Waals surface area contributed by atoms with Crippen molar-refractivity contribution in [1.29, 1.82) is 0 Å². The van der Waals surface area contributed by atoms with Crippen molar-refractivity contribution in [1.82, 2.24) is 10.2 Å². The Balaban J connectivity index is 1.32. The summed E-state index contributed by atoms with van der Waals surface area (Å²) < 4.78 is 5.58. The van der Waals surface area contributed by atoms with Crippen LogP contribution in [0.3, 0.4) is 0 Å². The van der Waals surface area contributed by atoms with E-state index < -0.39 is 0 Å². The summed E-state index contributed by atoms with van der Waals surface area (Å²) in [4.78, 5) is 26.6. The molecule has 2 heterocycles. The van der Waals surface area contributed by atoms with Crippen LogP contribution in [0.5, 0.6) is 0 Å². The smallest absolute Gasteiger partial charge is 0.223 e. The fraction of sp³-hybridized carbons (Fsp3) is 0.619. The van der Waals surface area contributed by atoms with Crippen molar-refractivity contribution in [2.24, 2.45) is 5.92 Å². The summed E-state index contributed by atoms with van der Waals surface area (Å²) in [6.45, 7) is 2.93. The Labute approximate surface area is 156 Å². The second kappa shape index (κ2) is 9.72. The van der Waals surface area contributed by atoms with Crippen LogP contribution in [0, 0.1) is 5.92 Å². The number of carbonyl (C=O) groups is 2. The molecule has 5 heteroatoms. The number of rotatable bonds is 7. The van der Waals surface area contributed by atoms with Gasteiger partial charge in [-0.15, -0.1) is 0 Å². The highest BCUT2D eigenvalue weighted by Crippen LogP contribution is 2.19. The van der Waals surface area contributed by atoms with Gasteiger partial charge < -0.3 is 15.0 Å². The van der Waals surface area contributed by atoms with Crippen molar-refractivity contribution in [2.45, 2.75) is 51.0 Å². The van der Waals surface area contributed by atoms with E-state index in [1.807, 2.05) is 23.1 Å². The van der Waals surface area contributed by atoms with Gasteiger partial charge in [0.1, 0.15) is 0 Å². The molecule has 0 radical (unpaired) electrons. The Morgan fingerprint density at radius 1 is 1.12 bits per heavy atom. The minimum atomic E-state index is 0.0395. The van der Waals surface area contributed by atoms with Gasteiger partial charge in [-0.2, -0.15) is 0 Å². The average molecular weight is 358 g/mol. The van der Waals surface area contributed by atoms with E-state index in [0.717, 1.165) is 45.1 Å². The highest BCUT2D eigenvalue weighted by molar-refractivity contribution is 5.80. The summed E-state index contributed by atoms with van der Waals surface area (Å²) in [6, 6.07) is 10.1. The fourth-order valence-corrected chi connectivity index (χ4v) is 3.82. The maximum atomic E-state index is 12.4. The molecule has 5 nitrogen and oxygen atoms in total. The van der Waals surface area contributed by atoms with E-state index >= 15 is 0 Å². The third-order valence-corrected chi connectivity index (χ3v) is 5.48. The van der Waals surface area contributed by atoms with Crippen molar-refractivity contribution in [3.05, 3.63) is 35.9 Å². The first-order valence-corrected chi connectivity index (χ1v) is 9.93. The Bertz CT molecular complexity index is 576. The molecule has 3 rings (SSSR count). The molecular weight excluding hydrogens is 328 g/mol. The molecule has 1 atom stereocenters. The molecule has 142 valence electrons. The molecule has 2 saturated heterocycles. The van der Waals surface area contributed by atoms with Crippen LogP contribution >= 0.6 is 0 Å².